The molecule has 8 nitrogen and oxygen atoms in total. The molecule has 144 valence electrons. The van der Waals surface area contributed by atoms with E-state index in [4.69, 9.17) is 0 Å². The Morgan fingerprint density at radius 2 is 2.15 bits per heavy atom. The zero-order valence-electron chi connectivity index (χ0n) is 15.8. The Morgan fingerprint density at radius 1 is 1.33 bits per heavy atom. The van der Waals surface area contributed by atoms with Gasteiger partial charge in [0.15, 0.2) is 0 Å². The monoisotopic (exact) mass is 370 g/mol. The van der Waals surface area contributed by atoms with E-state index in [1.165, 1.54) is 6.33 Å². The number of hydrogen-bond acceptors (Lipinski definition) is 5. The molecule has 0 spiro atoms. The minimum Gasteiger partial charge on any atom is -0.352 e. The summed E-state index contributed by atoms with van der Waals surface area (Å²) < 4.78 is 1.68. The fourth-order valence-electron chi connectivity index (χ4n) is 3.21. The van der Waals surface area contributed by atoms with Crippen LogP contribution in [0.2, 0.25) is 0 Å². The zero-order chi connectivity index (χ0) is 19.2. The summed E-state index contributed by atoms with van der Waals surface area (Å²) in [7, 11) is 3.95. The number of para-hydroxylation sites is 1. The standard InChI is InChI=1S/C19H26N6O2/c1-23(2)9-10-24-12-16(7-8-18(24)26)19(27)21-11-15-5-3-4-6-17(15)25-14-20-13-22-25/h3-6,13-14,16H,7-12H2,1-2H3,(H,21,27). The third-order valence-electron chi connectivity index (χ3n) is 4.80. The lowest BCUT2D eigenvalue weighted by Crippen LogP contribution is -2.47. The minimum atomic E-state index is -0.164. The van der Waals surface area contributed by atoms with E-state index >= 15 is 0 Å². The number of piperidine rings is 1. The van der Waals surface area contributed by atoms with E-state index in [0.29, 0.717) is 32.5 Å². The van der Waals surface area contributed by atoms with E-state index in [1.807, 2.05) is 43.3 Å². The molecule has 2 heterocycles. The van der Waals surface area contributed by atoms with Crippen molar-refractivity contribution in [3.63, 3.8) is 0 Å². The molecule has 1 aliphatic heterocycles. The lowest BCUT2D eigenvalue weighted by Gasteiger charge is -2.32. The van der Waals surface area contributed by atoms with Crippen molar-refractivity contribution >= 4 is 11.8 Å². The first-order valence-corrected chi connectivity index (χ1v) is 9.17. The summed E-state index contributed by atoms with van der Waals surface area (Å²) >= 11 is 0. The maximum atomic E-state index is 12.7. The molecule has 0 radical (unpaired) electrons. The second-order valence-electron chi connectivity index (χ2n) is 7.07. The van der Waals surface area contributed by atoms with Gasteiger partial charge < -0.3 is 15.1 Å². The molecule has 0 saturated carbocycles. The van der Waals surface area contributed by atoms with E-state index in [9.17, 15) is 9.59 Å². The molecular weight excluding hydrogens is 344 g/mol. The first-order valence-electron chi connectivity index (χ1n) is 9.17. The summed E-state index contributed by atoms with van der Waals surface area (Å²) in [5, 5.41) is 7.18. The van der Waals surface area contributed by atoms with Gasteiger partial charge in [0.2, 0.25) is 11.8 Å². The van der Waals surface area contributed by atoms with Gasteiger partial charge in [-0.2, -0.15) is 5.10 Å². The molecule has 1 fully saturated rings. The lowest BCUT2D eigenvalue weighted by atomic mass is 9.96. The molecule has 1 aromatic heterocycles. The highest BCUT2D eigenvalue weighted by molar-refractivity contribution is 5.83. The predicted octanol–water partition coefficient (Wildman–Crippen LogP) is 0.684. The highest BCUT2D eigenvalue weighted by atomic mass is 16.2. The van der Waals surface area contributed by atoms with Crippen molar-refractivity contribution < 1.29 is 9.59 Å². The molecule has 8 heteroatoms. The van der Waals surface area contributed by atoms with Gasteiger partial charge in [0.25, 0.3) is 0 Å². The van der Waals surface area contributed by atoms with Crippen LogP contribution in [0.1, 0.15) is 18.4 Å². The summed E-state index contributed by atoms with van der Waals surface area (Å²) in [6, 6.07) is 7.77. The van der Waals surface area contributed by atoms with Gasteiger partial charge in [-0.25, -0.2) is 9.67 Å². The largest absolute Gasteiger partial charge is 0.352 e. The molecule has 27 heavy (non-hydrogen) atoms. The number of likely N-dealkylation sites (tertiary alicyclic amines) is 1. The van der Waals surface area contributed by atoms with Crippen LogP contribution in [-0.2, 0) is 16.1 Å². The predicted molar refractivity (Wildman–Crippen MR) is 101 cm³/mol. The van der Waals surface area contributed by atoms with Crippen molar-refractivity contribution in [2.45, 2.75) is 19.4 Å². The quantitative estimate of drug-likeness (QED) is 0.775. The van der Waals surface area contributed by atoms with Crippen molar-refractivity contribution in [1.29, 1.82) is 0 Å². The normalized spacial score (nSPS) is 17.4. The Labute approximate surface area is 159 Å². The summed E-state index contributed by atoms with van der Waals surface area (Å²) in [6.45, 7) is 2.36. The average molecular weight is 370 g/mol. The number of aromatic nitrogens is 3. The summed E-state index contributed by atoms with van der Waals surface area (Å²) in [6.07, 6.45) is 4.15. The van der Waals surface area contributed by atoms with Crippen molar-refractivity contribution in [2.75, 3.05) is 33.7 Å². The molecule has 0 bridgehead atoms. The number of hydrogen-bond donors (Lipinski definition) is 1. The number of carbonyl (C=O) groups excluding carboxylic acids is 2. The Kier molecular flexibility index (Phi) is 6.18. The van der Waals surface area contributed by atoms with Crippen LogP contribution in [0.5, 0.6) is 0 Å². The third-order valence-corrected chi connectivity index (χ3v) is 4.80. The number of nitrogens with one attached hydrogen (secondary N) is 1. The van der Waals surface area contributed by atoms with Crippen molar-refractivity contribution in [2.24, 2.45) is 5.92 Å². The molecule has 1 saturated heterocycles. The number of carbonyl (C=O) groups is 2. The molecule has 1 aliphatic rings. The van der Waals surface area contributed by atoms with E-state index < -0.39 is 0 Å². The number of rotatable bonds is 7. The molecule has 1 N–H and O–H groups in total. The average Bonchev–Trinajstić information content (AvgIpc) is 3.20. The summed E-state index contributed by atoms with van der Waals surface area (Å²) in [5.74, 6) is -0.0356. The van der Waals surface area contributed by atoms with Crippen molar-refractivity contribution in [3.05, 3.63) is 42.5 Å². The van der Waals surface area contributed by atoms with Crippen LogP contribution in [-0.4, -0.2) is 70.1 Å². The van der Waals surface area contributed by atoms with E-state index in [0.717, 1.165) is 17.8 Å². The summed E-state index contributed by atoms with van der Waals surface area (Å²) in [4.78, 5) is 32.6. The molecule has 0 aliphatic carbocycles. The maximum Gasteiger partial charge on any atom is 0.225 e. The minimum absolute atomic E-state index is 0.00857. The van der Waals surface area contributed by atoms with Crippen LogP contribution in [0.4, 0.5) is 0 Å². The first-order chi connectivity index (χ1) is 13.0. The van der Waals surface area contributed by atoms with Gasteiger partial charge in [-0.15, -0.1) is 0 Å². The highest BCUT2D eigenvalue weighted by Crippen LogP contribution is 2.18. The van der Waals surface area contributed by atoms with Gasteiger partial charge in [0.1, 0.15) is 12.7 Å². The number of amides is 2. The van der Waals surface area contributed by atoms with Gasteiger partial charge in [0, 0.05) is 32.6 Å². The Morgan fingerprint density at radius 3 is 2.89 bits per heavy atom. The van der Waals surface area contributed by atoms with Crippen LogP contribution < -0.4 is 5.32 Å². The fraction of sp³-hybridized carbons (Fsp3) is 0.474. The van der Waals surface area contributed by atoms with Gasteiger partial charge >= 0.3 is 0 Å². The Balaban J connectivity index is 1.59. The van der Waals surface area contributed by atoms with Crippen LogP contribution in [0.3, 0.4) is 0 Å². The lowest BCUT2D eigenvalue weighted by molar-refractivity contribution is -0.138. The van der Waals surface area contributed by atoms with Crippen molar-refractivity contribution in [1.82, 2.24) is 29.9 Å². The van der Waals surface area contributed by atoms with Gasteiger partial charge in [-0.05, 0) is 32.1 Å². The fourth-order valence-corrected chi connectivity index (χ4v) is 3.21. The number of nitrogens with zero attached hydrogens (tertiary/aromatic N) is 5. The topological polar surface area (TPSA) is 83.4 Å². The molecule has 1 unspecified atom stereocenters. The van der Waals surface area contributed by atoms with Crippen LogP contribution in [0, 0.1) is 5.92 Å². The van der Waals surface area contributed by atoms with Crippen LogP contribution >= 0.6 is 0 Å². The van der Waals surface area contributed by atoms with Crippen molar-refractivity contribution in [3.8, 4) is 5.69 Å². The molecule has 3 rings (SSSR count). The molecule has 2 amide bonds. The second kappa shape index (κ2) is 8.77. The van der Waals surface area contributed by atoms with E-state index in [1.54, 1.807) is 15.9 Å². The number of likely N-dealkylation sites (N-methyl/N-ethyl adjacent to an activating group) is 1. The van der Waals surface area contributed by atoms with E-state index in [2.05, 4.69) is 15.4 Å². The van der Waals surface area contributed by atoms with Crippen LogP contribution in [0.15, 0.2) is 36.9 Å². The molecule has 1 atom stereocenters. The highest BCUT2D eigenvalue weighted by Gasteiger charge is 2.29. The van der Waals surface area contributed by atoms with E-state index in [-0.39, 0.29) is 17.7 Å². The molecule has 2 aromatic rings. The van der Waals surface area contributed by atoms with Crippen LogP contribution in [0.25, 0.3) is 5.69 Å². The Bertz CT molecular complexity index is 774. The maximum absolute atomic E-state index is 12.7. The number of benzene rings is 1. The smallest absolute Gasteiger partial charge is 0.225 e. The van der Waals surface area contributed by atoms with Gasteiger partial charge in [-0.3, -0.25) is 9.59 Å². The van der Waals surface area contributed by atoms with Gasteiger partial charge in [-0.1, -0.05) is 18.2 Å². The molecular formula is C19H26N6O2. The third kappa shape index (κ3) is 4.91. The molecule has 1 aromatic carbocycles. The Hall–Kier alpha value is -2.74. The first kappa shape index (κ1) is 19.0. The summed E-state index contributed by atoms with van der Waals surface area (Å²) in [5.41, 5.74) is 1.86. The zero-order valence-corrected chi connectivity index (χ0v) is 15.8. The SMILES string of the molecule is CN(C)CCN1CC(C(=O)NCc2ccccc2-n2cncn2)CCC1=O. The second-order valence-corrected chi connectivity index (χ2v) is 7.07. The van der Waals surface area contributed by atoms with Gasteiger partial charge in [0.05, 0.1) is 11.6 Å².